The van der Waals surface area contributed by atoms with E-state index in [9.17, 15) is 9.59 Å². The zero-order valence-electron chi connectivity index (χ0n) is 10.5. The molecule has 8 nitrogen and oxygen atoms in total. The van der Waals surface area contributed by atoms with Crippen molar-refractivity contribution in [3.8, 4) is 0 Å². The second-order valence-corrected chi connectivity index (χ2v) is 4.71. The van der Waals surface area contributed by atoms with E-state index in [-0.39, 0.29) is 12.3 Å². The number of carbonyl (C=O) groups is 2. The van der Waals surface area contributed by atoms with Crippen LogP contribution in [0.1, 0.15) is 25.0 Å². The first-order valence-corrected chi connectivity index (χ1v) is 6.21. The number of carbonyl (C=O) groups excluding carboxylic acids is 1. The summed E-state index contributed by atoms with van der Waals surface area (Å²) in [6.45, 7) is 0.424. The zero-order valence-corrected chi connectivity index (χ0v) is 10.5. The van der Waals surface area contributed by atoms with E-state index in [1.54, 1.807) is 6.20 Å². The largest absolute Gasteiger partial charge is 0.480 e. The van der Waals surface area contributed by atoms with Gasteiger partial charge in [0.1, 0.15) is 6.04 Å². The molecule has 1 saturated carbocycles. The molecule has 0 spiro atoms. The third-order valence-corrected chi connectivity index (χ3v) is 2.84. The summed E-state index contributed by atoms with van der Waals surface area (Å²) in [5.41, 5.74) is 5.91. The van der Waals surface area contributed by atoms with Gasteiger partial charge >= 0.3 is 5.97 Å². The average Bonchev–Trinajstić information content (AvgIpc) is 3.04. The number of hydrogen-bond donors (Lipinski definition) is 3. The Morgan fingerprint density at radius 2 is 2.32 bits per heavy atom. The fourth-order valence-corrected chi connectivity index (χ4v) is 1.60. The van der Waals surface area contributed by atoms with E-state index in [0.29, 0.717) is 24.7 Å². The highest BCUT2D eigenvalue weighted by molar-refractivity contribution is 5.76. The third-order valence-electron chi connectivity index (χ3n) is 2.84. The topological polar surface area (TPSA) is 123 Å². The van der Waals surface area contributed by atoms with Gasteiger partial charge in [-0.05, 0) is 12.8 Å². The van der Waals surface area contributed by atoms with Crippen LogP contribution in [-0.4, -0.2) is 44.1 Å². The van der Waals surface area contributed by atoms with E-state index < -0.39 is 12.0 Å². The van der Waals surface area contributed by atoms with Crippen LogP contribution in [0.3, 0.4) is 0 Å². The molecule has 1 aliphatic rings. The first kappa shape index (κ1) is 13.5. The summed E-state index contributed by atoms with van der Waals surface area (Å²) in [6, 6.07) is -0.629. The van der Waals surface area contributed by atoms with Crippen LogP contribution < -0.4 is 11.1 Å². The molecule has 2 rings (SSSR count). The van der Waals surface area contributed by atoms with Gasteiger partial charge in [-0.3, -0.25) is 14.3 Å². The molecule has 1 unspecified atom stereocenters. The van der Waals surface area contributed by atoms with Gasteiger partial charge in [0.15, 0.2) is 0 Å². The first-order chi connectivity index (χ1) is 9.04. The number of rotatable bonds is 7. The van der Waals surface area contributed by atoms with Crippen LogP contribution >= 0.6 is 0 Å². The van der Waals surface area contributed by atoms with Gasteiger partial charge in [0, 0.05) is 25.1 Å². The number of hydrogen-bond acceptors (Lipinski definition) is 5. The predicted molar refractivity (Wildman–Crippen MR) is 65.1 cm³/mol. The fraction of sp³-hybridized carbons (Fsp3) is 0.636. The Labute approximate surface area is 110 Å². The van der Waals surface area contributed by atoms with Crippen LogP contribution in [-0.2, 0) is 22.6 Å². The fourth-order valence-electron chi connectivity index (χ4n) is 1.60. The van der Waals surface area contributed by atoms with E-state index in [1.807, 2.05) is 0 Å². The van der Waals surface area contributed by atoms with Crippen LogP contribution in [0, 0.1) is 0 Å². The Bertz CT molecular complexity index is 469. The first-order valence-electron chi connectivity index (χ1n) is 6.21. The van der Waals surface area contributed by atoms with Gasteiger partial charge in [-0.25, -0.2) is 0 Å². The number of nitrogens with one attached hydrogen (secondary N) is 1. The Hall–Kier alpha value is -1.96. The number of nitrogens with zero attached hydrogens (tertiary/aromatic N) is 3. The van der Waals surface area contributed by atoms with Gasteiger partial charge in [0.05, 0.1) is 12.2 Å². The molecule has 19 heavy (non-hydrogen) atoms. The SMILES string of the molecule is NC(Cc1cn(CCC(=O)NC2CC2)nn1)C(=O)O. The summed E-state index contributed by atoms with van der Waals surface area (Å²) in [4.78, 5) is 22.1. The molecule has 0 aliphatic heterocycles. The maximum Gasteiger partial charge on any atom is 0.320 e. The smallest absolute Gasteiger partial charge is 0.320 e. The second-order valence-electron chi connectivity index (χ2n) is 4.71. The van der Waals surface area contributed by atoms with Crippen molar-refractivity contribution in [1.29, 1.82) is 0 Å². The van der Waals surface area contributed by atoms with Crippen LogP contribution in [0.2, 0.25) is 0 Å². The molecule has 1 fully saturated rings. The lowest BCUT2D eigenvalue weighted by atomic mass is 10.2. The maximum absolute atomic E-state index is 11.5. The van der Waals surface area contributed by atoms with Crippen molar-refractivity contribution in [3.05, 3.63) is 11.9 Å². The number of carboxylic acids is 1. The molecule has 1 amide bonds. The van der Waals surface area contributed by atoms with Crippen molar-refractivity contribution in [1.82, 2.24) is 20.3 Å². The number of aliphatic carboxylic acids is 1. The van der Waals surface area contributed by atoms with E-state index in [2.05, 4.69) is 15.6 Å². The van der Waals surface area contributed by atoms with E-state index in [0.717, 1.165) is 12.8 Å². The Morgan fingerprint density at radius 3 is 2.95 bits per heavy atom. The molecule has 104 valence electrons. The normalized spacial score (nSPS) is 16.1. The lowest BCUT2D eigenvalue weighted by Gasteiger charge is -2.03. The molecule has 0 aromatic carbocycles. The van der Waals surface area contributed by atoms with Crippen molar-refractivity contribution in [2.45, 2.75) is 44.3 Å². The number of aromatic nitrogens is 3. The molecule has 0 saturated heterocycles. The molecule has 1 aromatic heterocycles. The number of carboxylic acid groups (broad SMARTS) is 1. The van der Waals surface area contributed by atoms with E-state index in [1.165, 1.54) is 4.68 Å². The average molecular weight is 267 g/mol. The molecular weight excluding hydrogens is 250 g/mol. The van der Waals surface area contributed by atoms with Crippen LogP contribution in [0.5, 0.6) is 0 Å². The van der Waals surface area contributed by atoms with Gasteiger partial charge in [-0.2, -0.15) is 0 Å². The quantitative estimate of drug-likeness (QED) is 0.576. The predicted octanol–water partition coefficient (Wildman–Crippen LogP) is -1.10. The Morgan fingerprint density at radius 1 is 1.58 bits per heavy atom. The Balaban J connectivity index is 1.76. The summed E-state index contributed by atoms with van der Waals surface area (Å²) >= 11 is 0. The lowest BCUT2D eigenvalue weighted by Crippen LogP contribution is -2.32. The van der Waals surface area contributed by atoms with Crippen molar-refractivity contribution in [3.63, 3.8) is 0 Å². The lowest BCUT2D eigenvalue weighted by molar-refractivity contribution is -0.138. The minimum atomic E-state index is -1.07. The standard InChI is InChI=1S/C11H17N5O3/c12-9(11(18)19)5-8-6-16(15-14-8)4-3-10(17)13-7-1-2-7/h6-7,9H,1-5,12H2,(H,13,17)(H,18,19). The number of nitrogens with two attached hydrogens (primary N) is 1. The number of amides is 1. The molecular formula is C11H17N5O3. The molecule has 1 atom stereocenters. The highest BCUT2D eigenvalue weighted by atomic mass is 16.4. The van der Waals surface area contributed by atoms with Crippen LogP contribution in [0.15, 0.2) is 6.20 Å². The molecule has 8 heteroatoms. The summed E-state index contributed by atoms with van der Waals surface area (Å²) in [7, 11) is 0. The molecule has 4 N–H and O–H groups in total. The summed E-state index contributed by atoms with van der Waals surface area (Å²) in [5, 5.41) is 19.2. The Kier molecular flexibility index (Phi) is 4.10. The minimum absolute atomic E-state index is 0.00165. The molecule has 1 heterocycles. The van der Waals surface area contributed by atoms with Gasteiger partial charge < -0.3 is 16.2 Å². The van der Waals surface area contributed by atoms with Crippen molar-refractivity contribution >= 4 is 11.9 Å². The third kappa shape index (κ3) is 4.32. The van der Waals surface area contributed by atoms with Gasteiger partial charge in [-0.15, -0.1) is 5.10 Å². The van der Waals surface area contributed by atoms with Crippen molar-refractivity contribution in [2.75, 3.05) is 0 Å². The van der Waals surface area contributed by atoms with E-state index in [4.69, 9.17) is 10.8 Å². The van der Waals surface area contributed by atoms with E-state index >= 15 is 0 Å². The highest BCUT2D eigenvalue weighted by Gasteiger charge is 2.23. The van der Waals surface area contributed by atoms with Gasteiger partial charge in [0.25, 0.3) is 0 Å². The summed E-state index contributed by atoms with van der Waals surface area (Å²) in [6.07, 6.45) is 4.21. The molecule has 0 radical (unpaired) electrons. The van der Waals surface area contributed by atoms with Gasteiger partial charge in [0.2, 0.25) is 5.91 Å². The highest BCUT2D eigenvalue weighted by Crippen LogP contribution is 2.18. The van der Waals surface area contributed by atoms with Crippen LogP contribution in [0.25, 0.3) is 0 Å². The summed E-state index contributed by atoms with van der Waals surface area (Å²) in [5.74, 6) is -1.07. The molecule has 1 aromatic rings. The second kappa shape index (κ2) is 5.79. The minimum Gasteiger partial charge on any atom is -0.480 e. The van der Waals surface area contributed by atoms with Crippen molar-refractivity contribution in [2.24, 2.45) is 5.73 Å². The van der Waals surface area contributed by atoms with Gasteiger partial charge in [-0.1, -0.05) is 5.21 Å². The van der Waals surface area contributed by atoms with Crippen LogP contribution in [0.4, 0.5) is 0 Å². The van der Waals surface area contributed by atoms with Crippen molar-refractivity contribution < 1.29 is 14.7 Å². The maximum atomic E-state index is 11.5. The molecule has 1 aliphatic carbocycles. The number of aryl methyl sites for hydroxylation is 1. The molecule has 0 bridgehead atoms. The monoisotopic (exact) mass is 267 g/mol. The zero-order chi connectivity index (χ0) is 13.8. The summed E-state index contributed by atoms with van der Waals surface area (Å²) < 4.78 is 1.52.